The van der Waals surface area contributed by atoms with E-state index in [1.54, 1.807) is 0 Å². The van der Waals surface area contributed by atoms with Gasteiger partial charge in [-0.1, -0.05) is 0 Å². The molecule has 6 unspecified atom stereocenters. The Morgan fingerprint density at radius 1 is 1.30 bits per heavy atom. The SMILES string of the molecule is NC1C(O)C(O)C(Nc2ncnc3nc[nH]c23)OC1C(O)CO. The Kier molecular flexibility index (Phi) is 4.39. The molecule has 3 rings (SSSR count). The summed E-state index contributed by atoms with van der Waals surface area (Å²) in [5, 5.41) is 41.8. The van der Waals surface area contributed by atoms with Gasteiger partial charge in [-0.05, 0) is 0 Å². The first-order valence-corrected chi connectivity index (χ1v) is 6.99. The van der Waals surface area contributed by atoms with Crippen molar-refractivity contribution in [1.82, 2.24) is 19.9 Å². The third-order valence-corrected chi connectivity index (χ3v) is 3.81. The smallest absolute Gasteiger partial charge is 0.182 e. The van der Waals surface area contributed by atoms with Crippen LogP contribution in [0.15, 0.2) is 12.7 Å². The van der Waals surface area contributed by atoms with Crippen molar-refractivity contribution in [3.8, 4) is 0 Å². The lowest BCUT2D eigenvalue weighted by atomic mass is 9.93. The maximum absolute atomic E-state index is 10.1. The molecule has 126 valence electrons. The van der Waals surface area contributed by atoms with Gasteiger partial charge in [-0.15, -0.1) is 0 Å². The summed E-state index contributed by atoms with van der Waals surface area (Å²) >= 11 is 0. The number of aromatic amines is 1. The maximum Gasteiger partial charge on any atom is 0.182 e. The van der Waals surface area contributed by atoms with Crippen LogP contribution in [0.1, 0.15) is 0 Å². The number of ether oxygens (including phenoxy) is 1. The summed E-state index contributed by atoms with van der Waals surface area (Å²) < 4.78 is 5.51. The van der Waals surface area contributed by atoms with Gasteiger partial charge in [-0.25, -0.2) is 15.0 Å². The molecule has 6 atom stereocenters. The quantitative estimate of drug-likeness (QED) is 0.303. The van der Waals surface area contributed by atoms with Crippen molar-refractivity contribution in [1.29, 1.82) is 0 Å². The molecule has 1 fully saturated rings. The number of nitrogens with one attached hydrogen (secondary N) is 2. The highest BCUT2D eigenvalue weighted by Gasteiger charge is 2.45. The average Bonchev–Trinajstić information content (AvgIpc) is 3.04. The van der Waals surface area contributed by atoms with Gasteiger partial charge >= 0.3 is 0 Å². The molecular formula is C12H18N6O5. The van der Waals surface area contributed by atoms with Gasteiger partial charge in [-0.3, -0.25) is 0 Å². The highest BCUT2D eigenvalue weighted by atomic mass is 16.5. The van der Waals surface area contributed by atoms with Crippen LogP contribution in [0.5, 0.6) is 0 Å². The molecule has 0 aromatic carbocycles. The third-order valence-electron chi connectivity index (χ3n) is 3.81. The number of H-pyrrole nitrogens is 1. The fourth-order valence-corrected chi connectivity index (χ4v) is 2.52. The molecule has 2 aromatic rings. The molecule has 1 aliphatic heterocycles. The van der Waals surface area contributed by atoms with E-state index in [4.69, 9.17) is 15.6 Å². The molecule has 0 radical (unpaired) electrons. The van der Waals surface area contributed by atoms with Crippen LogP contribution in [-0.4, -0.2) is 83.7 Å². The second kappa shape index (κ2) is 6.31. The molecule has 0 spiro atoms. The Bertz CT molecular complexity index is 668. The van der Waals surface area contributed by atoms with Gasteiger partial charge in [0.2, 0.25) is 0 Å². The number of hydrogen-bond donors (Lipinski definition) is 7. The number of hydrogen-bond acceptors (Lipinski definition) is 10. The first-order chi connectivity index (χ1) is 11.0. The van der Waals surface area contributed by atoms with Crippen molar-refractivity contribution in [3.63, 3.8) is 0 Å². The normalized spacial score (nSPS) is 32.8. The number of aliphatic hydroxyl groups excluding tert-OH is 4. The molecule has 8 N–H and O–H groups in total. The second-order valence-corrected chi connectivity index (χ2v) is 5.30. The molecule has 0 aliphatic carbocycles. The maximum atomic E-state index is 10.1. The summed E-state index contributed by atoms with van der Waals surface area (Å²) in [5.41, 5.74) is 6.65. The van der Waals surface area contributed by atoms with Crippen LogP contribution < -0.4 is 11.1 Å². The highest BCUT2D eigenvalue weighted by Crippen LogP contribution is 2.24. The van der Waals surface area contributed by atoms with Crippen LogP contribution in [0.3, 0.4) is 0 Å². The van der Waals surface area contributed by atoms with Crippen LogP contribution in [0.25, 0.3) is 11.2 Å². The molecule has 1 aliphatic rings. The third kappa shape index (κ3) is 2.85. The number of aliphatic hydroxyl groups is 4. The van der Waals surface area contributed by atoms with Crippen LogP contribution in [0.4, 0.5) is 5.82 Å². The summed E-state index contributed by atoms with van der Waals surface area (Å²) in [4.78, 5) is 14.8. The molecule has 11 heteroatoms. The molecule has 2 aromatic heterocycles. The minimum atomic E-state index is -1.36. The number of anilines is 1. The monoisotopic (exact) mass is 326 g/mol. The van der Waals surface area contributed by atoms with E-state index in [0.717, 1.165) is 0 Å². The van der Waals surface area contributed by atoms with Gasteiger partial charge in [0.25, 0.3) is 0 Å². The van der Waals surface area contributed by atoms with E-state index in [0.29, 0.717) is 17.0 Å². The fraction of sp³-hybridized carbons (Fsp3) is 0.583. The van der Waals surface area contributed by atoms with Crippen molar-refractivity contribution < 1.29 is 25.2 Å². The van der Waals surface area contributed by atoms with Gasteiger partial charge < -0.3 is 41.2 Å². The zero-order chi connectivity index (χ0) is 16.6. The molecule has 1 saturated heterocycles. The van der Waals surface area contributed by atoms with Crippen molar-refractivity contribution in [2.75, 3.05) is 11.9 Å². The van der Waals surface area contributed by atoms with E-state index in [1.807, 2.05) is 0 Å². The van der Waals surface area contributed by atoms with Crippen molar-refractivity contribution >= 4 is 17.0 Å². The lowest BCUT2D eigenvalue weighted by Crippen LogP contribution is -2.65. The van der Waals surface area contributed by atoms with Gasteiger partial charge in [-0.2, -0.15) is 0 Å². The average molecular weight is 326 g/mol. The van der Waals surface area contributed by atoms with Crippen LogP contribution in [-0.2, 0) is 4.74 Å². The van der Waals surface area contributed by atoms with Crippen LogP contribution in [0.2, 0.25) is 0 Å². The zero-order valence-electron chi connectivity index (χ0n) is 11.9. The van der Waals surface area contributed by atoms with Gasteiger partial charge in [0.15, 0.2) is 17.7 Å². The summed E-state index contributed by atoms with van der Waals surface area (Å²) in [5.74, 6) is 0.302. The Balaban J connectivity index is 1.84. The lowest BCUT2D eigenvalue weighted by Gasteiger charge is -2.42. The second-order valence-electron chi connectivity index (χ2n) is 5.30. The van der Waals surface area contributed by atoms with E-state index in [2.05, 4.69) is 25.3 Å². The molecule has 11 nitrogen and oxygen atoms in total. The van der Waals surface area contributed by atoms with E-state index >= 15 is 0 Å². The van der Waals surface area contributed by atoms with E-state index in [1.165, 1.54) is 12.7 Å². The number of imidazole rings is 1. The number of fused-ring (bicyclic) bond motifs is 1. The molecular weight excluding hydrogens is 308 g/mol. The standard InChI is InChI=1S/C12H18N6O5/c13-5-7(21)8(22)12(23-9(5)4(20)1-19)18-11-6-10(15-2-14-6)16-3-17-11/h2-5,7-9,12,19-22H,1,13H2,(H2,14,15,16,17,18). The minimum absolute atomic E-state index is 0.302. The number of rotatable bonds is 4. The van der Waals surface area contributed by atoms with Crippen molar-refractivity contribution in [2.24, 2.45) is 5.73 Å². The number of nitrogens with zero attached hydrogens (tertiary/aromatic N) is 3. The Hall–Kier alpha value is -1.89. The summed E-state index contributed by atoms with van der Waals surface area (Å²) in [7, 11) is 0. The summed E-state index contributed by atoms with van der Waals surface area (Å²) in [6, 6.07) is -1.05. The largest absolute Gasteiger partial charge is 0.394 e. The van der Waals surface area contributed by atoms with E-state index in [-0.39, 0.29) is 0 Å². The van der Waals surface area contributed by atoms with E-state index < -0.39 is 43.3 Å². The predicted molar refractivity (Wildman–Crippen MR) is 77.0 cm³/mol. The fourth-order valence-electron chi connectivity index (χ4n) is 2.52. The lowest BCUT2D eigenvalue weighted by molar-refractivity contribution is -0.197. The number of aromatic nitrogens is 4. The van der Waals surface area contributed by atoms with Gasteiger partial charge in [0.05, 0.1) is 19.0 Å². The Morgan fingerprint density at radius 3 is 2.83 bits per heavy atom. The summed E-state index contributed by atoms with van der Waals surface area (Å²) in [6.45, 7) is -0.591. The van der Waals surface area contributed by atoms with Gasteiger partial charge in [0.1, 0.15) is 36.3 Å². The number of nitrogens with two attached hydrogens (primary N) is 1. The van der Waals surface area contributed by atoms with Crippen LogP contribution in [0, 0.1) is 0 Å². The summed E-state index contributed by atoms with van der Waals surface area (Å²) in [6.07, 6.45) is -3.46. The van der Waals surface area contributed by atoms with Gasteiger partial charge in [0, 0.05) is 0 Å². The molecule has 3 heterocycles. The zero-order valence-corrected chi connectivity index (χ0v) is 11.9. The Morgan fingerprint density at radius 2 is 2.09 bits per heavy atom. The first kappa shape index (κ1) is 16.0. The first-order valence-electron chi connectivity index (χ1n) is 6.99. The van der Waals surface area contributed by atoms with E-state index in [9.17, 15) is 15.3 Å². The van der Waals surface area contributed by atoms with Crippen LogP contribution >= 0.6 is 0 Å². The highest BCUT2D eigenvalue weighted by molar-refractivity contribution is 5.82. The molecule has 0 amide bonds. The Labute approximate surface area is 130 Å². The predicted octanol–water partition coefficient (Wildman–Crippen LogP) is -3.11. The van der Waals surface area contributed by atoms with Crippen molar-refractivity contribution in [2.45, 2.75) is 36.7 Å². The molecule has 23 heavy (non-hydrogen) atoms. The molecule has 0 saturated carbocycles. The minimum Gasteiger partial charge on any atom is -0.394 e. The van der Waals surface area contributed by atoms with Crippen molar-refractivity contribution in [3.05, 3.63) is 12.7 Å². The topological polar surface area (TPSA) is 183 Å². The molecule has 0 bridgehead atoms.